The quantitative estimate of drug-likeness (QED) is 0.159. The SMILES string of the molecule is N#Cc1ccccc1-c1cc(-c2ccc3c(c2)c2cc(-c4cc(-c5ccccc5C#N)cc(-c5ccccc5C#N)c4)ccc2n3-c2ccccc2C(F)(F)F)cc(-c2ccccc2C#N)c1. The summed E-state index contributed by atoms with van der Waals surface area (Å²) in [5.41, 5.74) is 11.2. The van der Waals surface area contributed by atoms with E-state index in [1.165, 1.54) is 12.1 Å². The Morgan fingerprint density at radius 3 is 0.985 bits per heavy atom. The fourth-order valence-electron chi connectivity index (χ4n) is 9.09. The van der Waals surface area contributed by atoms with Crippen LogP contribution in [0.25, 0.3) is 94.3 Å². The summed E-state index contributed by atoms with van der Waals surface area (Å²) in [7, 11) is 0. The van der Waals surface area contributed by atoms with E-state index in [4.69, 9.17) is 0 Å². The van der Waals surface area contributed by atoms with E-state index in [2.05, 4.69) is 24.3 Å². The van der Waals surface area contributed by atoms with E-state index in [9.17, 15) is 34.2 Å². The third-order valence-corrected chi connectivity index (χ3v) is 12.2. The van der Waals surface area contributed by atoms with Gasteiger partial charge in [0.15, 0.2) is 0 Å². The van der Waals surface area contributed by atoms with Gasteiger partial charge < -0.3 is 4.57 Å². The van der Waals surface area contributed by atoms with Crippen molar-refractivity contribution in [2.75, 3.05) is 0 Å². The van der Waals surface area contributed by atoms with E-state index in [0.717, 1.165) is 50.6 Å². The third kappa shape index (κ3) is 7.52. The lowest BCUT2D eigenvalue weighted by Gasteiger charge is -2.16. The zero-order valence-electron chi connectivity index (χ0n) is 35.3. The maximum Gasteiger partial charge on any atom is 0.418 e. The summed E-state index contributed by atoms with van der Waals surface area (Å²) >= 11 is 0. The van der Waals surface area contributed by atoms with Gasteiger partial charge in [0, 0.05) is 10.8 Å². The topological polar surface area (TPSA) is 100 Å². The Kier molecular flexibility index (Phi) is 10.5. The van der Waals surface area contributed by atoms with Crippen molar-refractivity contribution in [2.45, 2.75) is 6.18 Å². The number of rotatable bonds is 7. The molecule has 1 heterocycles. The lowest BCUT2D eigenvalue weighted by Crippen LogP contribution is -2.10. The Hall–Kier alpha value is -9.47. The first-order valence-corrected chi connectivity index (χ1v) is 21.2. The lowest BCUT2D eigenvalue weighted by atomic mass is 9.89. The van der Waals surface area contributed by atoms with Crippen LogP contribution in [0.5, 0.6) is 0 Å². The average Bonchev–Trinajstić information content (AvgIpc) is 3.70. The number of fused-ring (bicyclic) bond motifs is 3. The van der Waals surface area contributed by atoms with E-state index in [-0.39, 0.29) is 5.69 Å². The molecule has 10 rings (SSSR count). The van der Waals surface area contributed by atoms with Crippen LogP contribution < -0.4 is 0 Å². The average molecular weight is 868 g/mol. The fraction of sp³-hybridized carbons (Fsp3) is 0.0169. The summed E-state index contributed by atoms with van der Waals surface area (Å²) in [4.78, 5) is 0. The first kappa shape index (κ1) is 41.5. The van der Waals surface area contributed by atoms with Crippen LogP contribution in [-0.2, 0) is 6.18 Å². The Morgan fingerprint density at radius 2 is 0.642 bits per heavy atom. The third-order valence-electron chi connectivity index (χ3n) is 12.2. The van der Waals surface area contributed by atoms with Gasteiger partial charge in [0.05, 0.1) is 68.8 Å². The highest BCUT2D eigenvalue weighted by Crippen LogP contribution is 2.43. The minimum absolute atomic E-state index is 0.0218. The molecule has 0 bridgehead atoms. The van der Waals surface area contributed by atoms with Crippen molar-refractivity contribution in [1.29, 1.82) is 21.0 Å². The Labute approximate surface area is 384 Å². The van der Waals surface area contributed by atoms with E-state index < -0.39 is 11.7 Å². The molecule has 0 fully saturated rings. The molecule has 0 unspecified atom stereocenters. The molecule has 8 heteroatoms. The highest BCUT2D eigenvalue weighted by molar-refractivity contribution is 6.12. The Bertz CT molecular complexity index is 3440. The molecule has 9 aromatic carbocycles. The van der Waals surface area contributed by atoms with Gasteiger partial charge in [-0.1, -0.05) is 97.1 Å². The van der Waals surface area contributed by atoms with Crippen LogP contribution in [0.3, 0.4) is 0 Å². The van der Waals surface area contributed by atoms with Gasteiger partial charge in [0.25, 0.3) is 0 Å². The lowest BCUT2D eigenvalue weighted by molar-refractivity contribution is -0.137. The Balaban J connectivity index is 1.25. The molecular formula is C59H32F3N5. The van der Waals surface area contributed by atoms with Crippen molar-refractivity contribution in [3.8, 4) is 96.7 Å². The van der Waals surface area contributed by atoms with Crippen molar-refractivity contribution < 1.29 is 13.2 Å². The van der Waals surface area contributed by atoms with Crippen LogP contribution in [0.4, 0.5) is 13.2 Å². The number of alkyl halides is 3. The summed E-state index contributed by atoms with van der Waals surface area (Å²) in [5, 5.41) is 41.9. The molecule has 0 atom stereocenters. The van der Waals surface area contributed by atoms with Crippen LogP contribution in [0.15, 0.2) is 194 Å². The molecule has 0 saturated carbocycles. The van der Waals surface area contributed by atoms with Gasteiger partial charge in [0.1, 0.15) is 0 Å². The molecule has 0 amide bonds. The van der Waals surface area contributed by atoms with Crippen molar-refractivity contribution in [3.05, 3.63) is 222 Å². The van der Waals surface area contributed by atoms with Crippen LogP contribution in [0.2, 0.25) is 0 Å². The molecule has 0 radical (unpaired) electrons. The van der Waals surface area contributed by atoms with E-state index in [1.807, 2.05) is 121 Å². The maximum atomic E-state index is 14.8. The van der Waals surface area contributed by atoms with Gasteiger partial charge in [-0.2, -0.15) is 34.2 Å². The number of nitrogens with zero attached hydrogens (tertiary/aromatic N) is 5. The monoisotopic (exact) mass is 867 g/mol. The number of hydrogen-bond donors (Lipinski definition) is 0. The molecule has 0 aliphatic heterocycles. The van der Waals surface area contributed by atoms with Crippen LogP contribution in [-0.4, -0.2) is 4.57 Å². The van der Waals surface area contributed by atoms with Gasteiger partial charge in [0.2, 0.25) is 0 Å². The van der Waals surface area contributed by atoms with E-state index in [1.54, 1.807) is 59.2 Å². The van der Waals surface area contributed by atoms with Crippen molar-refractivity contribution in [3.63, 3.8) is 0 Å². The maximum absolute atomic E-state index is 14.8. The molecule has 10 aromatic rings. The van der Waals surface area contributed by atoms with Gasteiger partial charge in [-0.3, -0.25) is 0 Å². The van der Waals surface area contributed by atoms with E-state index in [0.29, 0.717) is 66.3 Å². The largest absolute Gasteiger partial charge is 0.418 e. The van der Waals surface area contributed by atoms with Crippen molar-refractivity contribution in [1.82, 2.24) is 4.57 Å². The zero-order chi connectivity index (χ0) is 46.2. The normalized spacial score (nSPS) is 11.1. The summed E-state index contributed by atoms with van der Waals surface area (Å²) in [6.45, 7) is 0. The minimum Gasteiger partial charge on any atom is -0.309 e. The molecule has 0 aliphatic rings. The number of benzene rings is 9. The number of para-hydroxylation sites is 1. The second-order valence-electron chi connectivity index (χ2n) is 16.0. The predicted octanol–water partition coefficient (Wildman–Crippen LogP) is 15.3. The predicted molar refractivity (Wildman–Crippen MR) is 257 cm³/mol. The molecule has 314 valence electrons. The first-order chi connectivity index (χ1) is 32.7. The van der Waals surface area contributed by atoms with Gasteiger partial charge in [-0.05, 0) is 164 Å². The van der Waals surface area contributed by atoms with Crippen LogP contribution in [0.1, 0.15) is 27.8 Å². The standard InChI is InChI=1S/C59H32F3N5/c60-59(61,62)55-19-9-10-20-58(55)67-56-23-21-37(43-25-45(49-15-5-1-11-39(49)33-63)29-46(26-43)50-16-6-2-12-40(50)34-64)31-53(56)54-32-38(22-24-57(54)67)44-27-47(51-17-7-3-13-41(51)35-65)30-48(28-44)52-18-8-4-14-42(52)36-66/h1-32H. The van der Waals surface area contributed by atoms with Crippen molar-refractivity contribution >= 4 is 21.8 Å². The molecule has 1 aromatic heterocycles. The molecule has 0 aliphatic carbocycles. The number of halogens is 3. The minimum atomic E-state index is -4.65. The molecular weight excluding hydrogens is 836 g/mol. The Morgan fingerprint density at radius 1 is 0.328 bits per heavy atom. The smallest absolute Gasteiger partial charge is 0.309 e. The van der Waals surface area contributed by atoms with E-state index >= 15 is 0 Å². The summed E-state index contributed by atoms with van der Waals surface area (Å²) < 4.78 is 46.2. The summed E-state index contributed by atoms with van der Waals surface area (Å²) in [5.74, 6) is 0. The first-order valence-electron chi connectivity index (χ1n) is 21.2. The molecule has 67 heavy (non-hydrogen) atoms. The number of nitriles is 4. The molecule has 0 spiro atoms. The fourth-order valence-corrected chi connectivity index (χ4v) is 9.09. The second kappa shape index (κ2) is 16.9. The van der Waals surface area contributed by atoms with Crippen LogP contribution in [0, 0.1) is 45.3 Å². The second-order valence-corrected chi connectivity index (χ2v) is 16.0. The van der Waals surface area contributed by atoms with Gasteiger partial charge in [-0.15, -0.1) is 0 Å². The zero-order valence-corrected chi connectivity index (χ0v) is 35.3. The van der Waals surface area contributed by atoms with Crippen molar-refractivity contribution in [2.24, 2.45) is 0 Å². The molecule has 0 N–H and O–H groups in total. The molecule has 0 saturated heterocycles. The summed E-state index contributed by atoms with van der Waals surface area (Å²) in [6.07, 6.45) is -4.65. The summed E-state index contributed by atoms with van der Waals surface area (Å²) in [6, 6.07) is 67.3. The highest BCUT2D eigenvalue weighted by atomic mass is 19.4. The molecule has 5 nitrogen and oxygen atoms in total. The number of aromatic nitrogens is 1. The van der Waals surface area contributed by atoms with Crippen LogP contribution >= 0.6 is 0 Å². The number of hydrogen-bond acceptors (Lipinski definition) is 4. The van der Waals surface area contributed by atoms with Gasteiger partial charge in [-0.25, -0.2) is 0 Å². The highest BCUT2D eigenvalue weighted by Gasteiger charge is 2.34. The van der Waals surface area contributed by atoms with Gasteiger partial charge >= 0.3 is 6.18 Å².